The maximum atomic E-state index is 11.8. The van der Waals surface area contributed by atoms with E-state index in [0.29, 0.717) is 6.61 Å². The summed E-state index contributed by atoms with van der Waals surface area (Å²) in [5.41, 5.74) is 1.13. The maximum absolute atomic E-state index is 11.8. The molecule has 0 bridgehead atoms. The van der Waals surface area contributed by atoms with Crippen LogP contribution < -0.4 is 5.32 Å². The number of carbonyl (C=O) groups is 1. The third-order valence-electron chi connectivity index (χ3n) is 3.47. The standard InChI is InChI=1S/C14H20N2O2/c1-4-18-13(17)11-8-14(2,3)12(16-11)10-6-5-7-15-9-10/h5-7,9,11-12,16H,4,8H2,1-3H3/t11-,12-/m0/s1. The Morgan fingerprint density at radius 1 is 1.61 bits per heavy atom. The molecule has 2 atom stereocenters. The zero-order chi connectivity index (χ0) is 13.2. The summed E-state index contributed by atoms with van der Waals surface area (Å²) in [5, 5.41) is 3.37. The van der Waals surface area contributed by atoms with Crippen molar-refractivity contribution in [1.29, 1.82) is 0 Å². The summed E-state index contributed by atoms with van der Waals surface area (Å²) in [6.07, 6.45) is 4.40. The van der Waals surface area contributed by atoms with Gasteiger partial charge in [-0.25, -0.2) is 0 Å². The largest absolute Gasteiger partial charge is 0.465 e. The van der Waals surface area contributed by atoms with E-state index in [-0.39, 0.29) is 23.5 Å². The first-order valence-corrected chi connectivity index (χ1v) is 6.37. The Balaban J connectivity index is 2.16. The first kappa shape index (κ1) is 13.0. The zero-order valence-corrected chi connectivity index (χ0v) is 11.1. The van der Waals surface area contributed by atoms with Crippen molar-refractivity contribution in [1.82, 2.24) is 10.3 Å². The summed E-state index contributed by atoms with van der Waals surface area (Å²) < 4.78 is 5.09. The highest BCUT2D eigenvalue weighted by atomic mass is 16.5. The quantitative estimate of drug-likeness (QED) is 0.832. The van der Waals surface area contributed by atoms with Crippen LogP contribution in [0.1, 0.15) is 38.8 Å². The SMILES string of the molecule is CCOC(=O)[C@@H]1CC(C)(C)[C@H](c2cccnc2)N1. The topological polar surface area (TPSA) is 51.2 Å². The lowest BCUT2D eigenvalue weighted by Gasteiger charge is -2.26. The molecule has 1 aromatic rings. The van der Waals surface area contributed by atoms with Gasteiger partial charge in [-0.1, -0.05) is 19.9 Å². The van der Waals surface area contributed by atoms with E-state index in [0.717, 1.165) is 12.0 Å². The molecule has 0 spiro atoms. The highest BCUT2D eigenvalue weighted by Gasteiger charge is 2.44. The number of carbonyl (C=O) groups excluding carboxylic acids is 1. The van der Waals surface area contributed by atoms with E-state index in [1.807, 2.05) is 25.3 Å². The van der Waals surface area contributed by atoms with Gasteiger partial charge in [0.2, 0.25) is 0 Å². The Hall–Kier alpha value is -1.42. The summed E-state index contributed by atoms with van der Waals surface area (Å²) >= 11 is 0. The van der Waals surface area contributed by atoms with Crippen molar-refractivity contribution in [3.63, 3.8) is 0 Å². The first-order valence-electron chi connectivity index (χ1n) is 6.37. The van der Waals surface area contributed by atoms with E-state index < -0.39 is 0 Å². The van der Waals surface area contributed by atoms with Gasteiger partial charge in [0.05, 0.1) is 6.61 Å². The van der Waals surface area contributed by atoms with E-state index in [9.17, 15) is 4.79 Å². The Morgan fingerprint density at radius 3 is 3.00 bits per heavy atom. The normalized spacial score (nSPS) is 25.9. The Kier molecular flexibility index (Phi) is 3.66. The number of pyridine rings is 1. The fourth-order valence-corrected chi connectivity index (χ4v) is 2.62. The Labute approximate surface area is 108 Å². The van der Waals surface area contributed by atoms with Gasteiger partial charge in [-0.15, -0.1) is 0 Å². The van der Waals surface area contributed by atoms with Crippen molar-refractivity contribution >= 4 is 5.97 Å². The van der Waals surface area contributed by atoms with Gasteiger partial charge < -0.3 is 4.74 Å². The maximum Gasteiger partial charge on any atom is 0.323 e. The van der Waals surface area contributed by atoms with Gasteiger partial charge in [-0.2, -0.15) is 0 Å². The molecule has 0 aliphatic carbocycles. The molecular formula is C14H20N2O2. The van der Waals surface area contributed by atoms with Gasteiger partial charge in [-0.3, -0.25) is 15.1 Å². The summed E-state index contributed by atoms with van der Waals surface area (Å²) in [6.45, 7) is 6.58. The van der Waals surface area contributed by atoms with Crippen LogP contribution in [0, 0.1) is 5.41 Å². The number of esters is 1. The van der Waals surface area contributed by atoms with Crippen molar-refractivity contribution in [2.45, 2.75) is 39.3 Å². The molecule has 18 heavy (non-hydrogen) atoms. The molecule has 1 aromatic heterocycles. The van der Waals surface area contributed by atoms with E-state index in [4.69, 9.17) is 4.74 Å². The van der Waals surface area contributed by atoms with E-state index in [1.165, 1.54) is 0 Å². The highest BCUT2D eigenvalue weighted by molar-refractivity contribution is 5.76. The summed E-state index contributed by atoms with van der Waals surface area (Å²) in [7, 11) is 0. The number of hydrogen-bond donors (Lipinski definition) is 1. The lowest BCUT2D eigenvalue weighted by molar-refractivity contribution is -0.145. The zero-order valence-electron chi connectivity index (χ0n) is 11.1. The second kappa shape index (κ2) is 5.06. The summed E-state index contributed by atoms with van der Waals surface area (Å²) in [6, 6.07) is 3.89. The molecule has 0 unspecified atom stereocenters. The molecule has 4 heteroatoms. The molecule has 4 nitrogen and oxygen atoms in total. The minimum absolute atomic E-state index is 0.0143. The second-order valence-electron chi connectivity index (χ2n) is 5.38. The third-order valence-corrected chi connectivity index (χ3v) is 3.47. The molecule has 0 aromatic carbocycles. The molecule has 1 aliphatic rings. The monoisotopic (exact) mass is 248 g/mol. The summed E-state index contributed by atoms with van der Waals surface area (Å²) in [5.74, 6) is -0.156. The van der Waals surface area contributed by atoms with Crippen molar-refractivity contribution in [2.24, 2.45) is 5.41 Å². The minimum Gasteiger partial charge on any atom is -0.465 e. The van der Waals surface area contributed by atoms with Gasteiger partial charge in [0.15, 0.2) is 0 Å². The van der Waals surface area contributed by atoms with Gasteiger partial charge in [0.25, 0.3) is 0 Å². The number of rotatable bonds is 3. The average molecular weight is 248 g/mol. The Bertz CT molecular complexity index is 417. The van der Waals surface area contributed by atoms with Crippen LogP contribution in [0.25, 0.3) is 0 Å². The van der Waals surface area contributed by atoms with E-state index in [2.05, 4.69) is 24.1 Å². The summed E-state index contributed by atoms with van der Waals surface area (Å²) in [4.78, 5) is 16.0. The fraction of sp³-hybridized carbons (Fsp3) is 0.571. The average Bonchev–Trinajstić information content (AvgIpc) is 2.67. The first-order chi connectivity index (χ1) is 8.54. The lowest BCUT2D eigenvalue weighted by Crippen LogP contribution is -2.34. The van der Waals surface area contributed by atoms with Crippen LogP contribution in [-0.4, -0.2) is 23.6 Å². The van der Waals surface area contributed by atoms with Crippen LogP contribution in [0.4, 0.5) is 0 Å². The molecule has 0 amide bonds. The molecule has 1 fully saturated rings. The van der Waals surface area contributed by atoms with Crippen LogP contribution in [0.3, 0.4) is 0 Å². The molecule has 98 valence electrons. The molecule has 1 aliphatic heterocycles. The van der Waals surface area contributed by atoms with Crippen molar-refractivity contribution in [2.75, 3.05) is 6.61 Å². The van der Waals surface area contributed by atoms with Crippen molar-refractivity contribution in [3.05, 3.63) is 30.1 Å². The lowest BCUT2D eigenvalue weighted by atomic mass is 9.81. The number of nitrogens with one attached hydrogen (secondary N) is 1. The molecule has 2 heterocycles. The smallest absolute Gasteiger partial charge is 0.323 e. The van der Waals surface area contributed by atoms with Crippen LogP contribution in [0.5, 0.6) is 0 Å². The highest BCUT2D eigenvalue weighted by Crippen LogP contribution is 2.43. The van der Waals surface area contributed by atoms with E-state index >= 15 is 0 Å². The number of aromatic nitrogens is 1. The fourth-order valence-electron chi connectivity index (χ4n) is 2.62. The molecule has 1 saturated heterocycles. The molecule has 0 saturated carbocycles. The number of hydrogen-bond acceptors (Lipinski definition) is 4. The van der Waals surface area contributed by atoms with Crippen LogP contribution in [-0.2, 0) is 9.53 Å². The van der Waals surface area contributed by atoms with Crippen LogP contribution in [0.2, 0.25) is 0 Å². The van der Waals surface area contributed by atoms with Gasteiger partial charge >= 0.3 is 5.97 Å². The molecule has 1 N–H and O–H groups in total. The van der Waals surface area contributed by atoms with Crippen LogP contribution >= 0.6 is 0 Å². The third kappa shape index (κ3) is 2.53. The molecule has 0 radical (unpaired) electrons. The number of ether oxygens (including phenoxy) is 1. The van der Waals surface area contributed by atoms with Crippen molar-refractivity contribution < 1.29 is 9.53 Å². The van der Waals surface area contributed by atoms with Gasteiger partial charge in [0.1, 0.15) is 6.04 Å². The second-order valence-corrected chi connectivity index (χ2v) is 5.38. The predicted molar refractivity (Wildman–Crippen MR) is 68.9 cm³/mol. The minimum atomic E-state index is -0.217. The van der Waals surface area contributed by atoms with Crippen molar-refractivity contribution in [3.8, 4) is 0 Å². The Morgan fingerprint density at radius 2 is 2.39 bits per heavy atom. The molecular weight excluding hydrogens is 228 g/mol. The van der Waals surface area contributed by atoms with Crippen LogP contribution in [0.15, 0.2) is 24.5 Å². The molecule has 2 rings (SSSR count). The van der Waals surface area contributed by atoms with Gasteiger partial charge in [0, 0.05) is 18.4 Å². The van der Waals surface area contributed by atoms with E-state index in [1.54, 1.807) is 6.20 Å². The van der Waals surface area contributed by atoms with Gasteiger partial charge in [-0.05, 0) is 30.4 Å². The number of nitrogens with zero attached hydrogens (tertiary/aromatic N) is 1. The predicted octanol–water partition coefficient (Wildman–Crippen LogP) is 2.07.